The second-order valence-corrected chi connectivity index (χ2v) is 3.36. The van der Waals surface area contributed by atoms with Gasteiger partial charge in [-0.1, -0.05) is 0 Å². The number of rotatable bonds is 3. The highest BCUT2D eigenvalue weighted by atomic mass is 19.1. The first kappa shape index (κ1) is 10.4. The van der Waals surface area contributed by atoms with Crippen LogP contribution >= 0.6 is 0 Å². The van der Waals surface area contributed by atoms with Crippen molar-refractivity contribution in [3.63, 3.8) is 0 Å². The molecule has 0 saturated heterocycles. The van der Waals surface area contributed by atoms with Crippen LogP contribution in [0.25, 0.3) is 0 Å². The number of carboxylic acid groups (broad SMARTS) is 1. The van der Waals surface area contributed by atoms with Crippen LogP contribution in [-0.2, 0) is 9.53 Å². The first-order chi connectivity index (χ1) is 6.15. The summed E-state index contributed by atoms with van der Waals surface area (Å²) in [5.41, 5.74) is 0. The van der Waals surface area contributed by atoms with Crippen molar-refractivity contribution in [3.05, 3.63) is 0 Å². The van der Waals surface area contributed by atoms with E-state index in [4.69, 9.17) is 9.84 Å². The van der Waals surface area contributed by atoms with Gasteiger partial charge in [-0.3, -0.25) is 4.79 Å². The molecule has 4 heteroatoms. The molecule has 1 aliphatic carbocycles. The topological polar surface area (TPSA) is 46.5 Å². The van der Waals surface area contributed by atoms with Gasteiger partial charge in [0.2, 0.25) is 0 Å². The third-order valence-corrected chi connectivity index (χ3v) is 2.44. The second kappa shape index (κ2) is 4.56. The minimum absolute atomic E-state index is 0.0972. The molecule has 3 atom stereocenters. The van der Waals surface area contributed by atoms with E-state index in [1.807, 2.05) is 6.92 Å². The number of halogens is 1. The number of alkyl halides is 1. The summed E-state index contributed by atoms with van der Waals surface area (Å²) in [7, 11) is 0. The van der Waals surface area contributed by atoms with Gasteiger partial charge in [0.15, 0.2) is 0 Å². The maximum Gasteiger partial charge on any atom is 0.306 e. The minimum Gasteiger partial charge on any atom is -0.481 e. The molecule has 0 amide bonds. The number of hydrogen-bond donors (Lipinski definition) is 1. The molecular weight excluding hydrogens is 175 g/mol. The average Bonchev–Trinajstić information content (AvgIpc) is 2.08. The van der Waals surface area contributed by atoms with E-state index in [0.29, 0.717) is 19.4 Å². The quantitative estimate of drug-likeness (QED) is 0.735. The second-order valence-electron chi connectivity index (χ2n) is 3.36. The standard InChI is InChI=1S/C9H15FO3/c1-2-13-8-4-3-6(9(11)12)5-7(8)10/h6-8H,2-5H2,1H3,(H,11,12)/t6-,7-,8-/m1/s1. The fraction of sp³-hybridized carbons (Fsp3) is 0.889. The molecule has 0 radical (unpaired) electrons. The Bertz CT molecular complexity index is 184. The van der Waals surface area contributed by atoms with Crippen LogP contribution in [0.4, 0.5) is 4.39 Å². The van der Waals surface area contributed by atoms with Crippen LogP contribution in [0.2, 0.25) is 0 Å². The van der Waals surface area contributed by atoms with E-state index in [1.54, 1.807) is 0 Å². The fourth-order valence-electron chi connectivity index (χ4n) is 1.71. The third-order valence-electron chi connectivity index (χ3n) is 2.44. The normalized spacial score (nSPS) is 34.5. The summed E-state index contributed by atoms with van der Waals surface area (Å²) >= 11 is 0. The van der Waals surface area contributed by atoms with Crippen LogP contribution < -0.4 is 0 Å². The summed E-state index contributed by atoms with van der Waals surface area (Å²) in [5, 5.41) is 8.66. The predicted molar refractivity (Wildman–Crippen MR) is 45.3 cm³/mol. The maximum absolute atomic E-state index is 13.3. The highest BCUT2D eigenvalue weighted by Crippen LogP contribution is 2.28. The lowest BCUT2D eigenvalue weighted by molar-refractivity contribution is -0.145. The number of carbonyl (C=O) groups is 1. The molecule has 0 bridgehead atoms. The molecule has 0 unspecified atom stereocenters. The summed E-state index contributed by atoms with van der Waals surface area (Å²) in [4.78, 5) is 10.6. The van der Waals surface area contributed by atoms with Gasteiger partial charge in [0, 0.05) is 6.61 Å². The van der Waals surface area contributed by atoms with Gasteiger partial charge in [0.25, 0.3) is 0 Å². The Hall–Kier alpha value is -0.640. The molecule has 0 aromatic rings. The van der Waals surface area contributed by atoms with Crippen molar-refractivity contribution in [3.8, 4) is 0 Å². The molecule has 76 valence electrons. The smallest absolute Gasteiger partial charge is 0.306 e. The zero-order valence-electron chi connectivity index (χ0n) is 7.70. The van der Waals surface area contributed by atoms with Gasteiger partial charge in [0.05, 0.1) is 12.0 Å². The summed E-state index contributed by atoms with van der Waals surface area (Å²) in [5.74, 6) is -1.41. The summed E-state index contributed by atoms with van der Waals surface area (Å²) < 4.78 is 18.4. The van der Waals surface area contributed by atoms with Crippen LogP contribution in [0.5, 0.6) is 0 Å². The number of aliphatic carboxylic acids is 1. The van der Waals surface area contributed by atoms with E-state index in [2.05, 4.69) is 0 Å². The molecule has 0 spiro atoms. The van der Waals surface area contributed by atoms with E-state index in [0.717, 1.165) is 0 Å². The Labute approximate surface area is 76.9 Å². The van der Waals surface area contributed by atoms with Crippen LogP contribution in [0.1, 0.15) is 26.2 Å². The van der Waals surface area contributed by atoms with Gasteiger partial charge in [-0.2, -0.15) is 0 Å². The summed E-state index contributed by atoms with van der Waals surface area (Å²) in [6.07, 6.45) is -0.359. The molecule has 0 aromatic heterocycles. The molecule has 1 aliphatic rings. The first-order valence-electron chi connectivity index (χ1n) is 4.63. The molecule has 1 saturated carbocycles. The largest absolute Gasteiger partial charge is 0.481 e. The van der Waals surface area contributed by atoms with Crippen molar-refractivity contribution in [2.75, 3.05) is 6.61 Å². The van der Waals surface area contributed by atoms with Gasteiger partial charge >= 0.3 is 5.97 Å². The Morgan fingerprint density at radius 2 is 2.31 bits per heavy atom. The summed E-state index contributed by atoms with van der Waals surface area (Å²) in [6.45, 7) is 2.30. The Morgan fingerprint density at radius 1 is 1.62 bits per heavy atom. The molecule has 0 aliphatic heterocycles. The van der Waals surface area contributed by atoms with Gasteiger partial charge in [0.1, 0.15) is 6.17 Å². The van der Waals surface area contributed by atoms with Crippen molar-refractivity contribution >= 4 is 5.97 Å². The first-order valence-corrected chi connectivity index (χ1v) is 4.63. The zero-order chi connectivity index (χ0) is 9.84. The van der Waals surface area contributed by atoms with Crippen molar-refractivity contribution in [1.82, 2.24) is 0 Å². The molecule has 1 fully saturated rings. The molecule has 0 aromatic carbocycles. The molecule has 1 rings (SSSR count). The van der Waals surface area contributed by atoms with Crippen LogP contribution in [0.3, 0.4) is 0 Å². The van der Waals surface area contributed by atoms with E-state index in [-0.39, 0.29) is 12.5 Å². The molecular formula is C9H15FO3. The molecule has 0 heterocycles. The Morgan fingerprint density at radius 3 is 2.77 bits per heavy atom. The van der Waals surface area contributed by atoms with E-state index in [9.17, 15) is 9.18 Å². The highest BCUT2D eigenvalue weighted by molar-refractivity contribution is 5.70. The fourth-order valence-corrected chi connectivity index (χ4v) is 1.71. The lowest BCUT2D eigenvalue weighted by Gasteiger charge is -2.29. The van der Waals surface area contributed by atoms with Crippen molar-refractivity contribution in [2.45, 2.75) is 38.5 Å². The van der Waals surface area contributed by atoms with Crippen LogP contribution in [0.15, 0.2) is 0 Å². The molecule has 3 nitrogen and oxygen atoms in total. The number of ether oxygens (including phenoxy) is 1. The van der Waals surface area contributed by atoms with E-state index >= 15 is 0 Å². The highest BCUT2D eigenvalue weighted by Gasteiger charge is 2.34. The van der Waals surface area contributed by atoms with E-state index < -0.39 is 18.1 Å². The maximum atomic E-state index is 13.3. The average molecular weight is 190 g/mol. The predicted octanol–water partition coefficient (Wildman–Crippen LogP) is 1.61. The van der Waals surface area contributed by atoms with Gasteiger partial charge in [-0.15, -0.1) is 0 Å². The third kappa shape index (κ3) is 2.66. The van der Waals surface area contributed by atoms with Gasteiger partial charge < -0.3 is 9.84 Å². The van der Waals surface area contributed by atoms with Crippen molar-refractivity contribution < 1.29 is 19.0 Å². The minimum atomic E-state index is -1.12. The van der Waals surface area contributed by atoms with E-state index in [1.165, 1.54) is 0 Å². The van der Waals surface area contributed by atoms with Crippen LogP contribution in [0, 0.1) is 5.92 Å². The molecule has 1 N–H and O–H groups in total. The van der Waals surface area contributed by atoms with Crippen LogP contribution in [-0.4, -0.2) is 30.0 Å². The van der Waals surface area contributed by atoms with Crippen molar-refractivity contribution in [2.24, 2.45) is 5.92 Å². The number of carboxylic acids is 1. The Balaban J connectivity index is 2.41. The monoisotopic (exact) mass is 190 g/mol. The van der Waals surface area contributed by atoms with Crippen molar-refractivity contribution in [1.29, 1.82) is 0 Å². The summed E-state index contributed by atoms with van der Waals surface area (Å²) in [6, 6.07) is 0. The van der Waals surface area contributed by atoms with Gasteiger partial charge in [-0.25, -0.2) is 4.39 Å². The molecule has 13 heavy (non-hydrogen) atoms. The number of hydrogen-bond acceptors (Lipinski definition) is 2. The lowest BCUT2D eigenvalue weighted by Crippen LogP contribution is -2.35. The zero-order valence-corrected chi connectivity index (χ0v) is 7.70. The lowest BCUT2D eigenvalue weighted by atomic mass is 9.86. The van der Waals surface area contributed by atoms with Gasteiger partial charge in [-0.05, 0) is 26.2 Å². The Kier molecular flexibility index (Phi) is 3.66. The SMILES string of the molecule is CCO[C@@H]1CC[C@@H](C(=O)O)C[C@H]1F.